The van der Waals surface area contributed by atoms with E-state index >= 15 is 0 Å². The Morgan fingerprint density at radius 1 is 1.32 bits per heavy atom. The smallest absolute Gasteiger partial charge is 0.326 e. The van der Waals surface area contributed by atoms with Gasteiger partial charge in [0, 0.05) is 0 Å². The van der Waals surface area contributed by atoms with Gasteiger partial charge in [0.05, 0.1) is 6.04 Å². The zero-order valence-electron chi connectivity index (χ0n) is 10.7. The number of carboxylic acid groups (broad SMARTS) is 1. The fourth-order valence-corrected chi connectivity index (χ4v) is 1.60. The maximum absolute atomic E-state index is 11.7. The van der Waals surface area contributed by atoms with Crippen molar-refractivity contribution < 1.29 is 19.8 Å². The molecule has 1 rings (SSSR count). The molecule has 5 N–H and O–H groups in total. The molecule has 0 aromatic heterocycles. The number of amides is 1. The van der Waals surface area contributed by atoms with E-state index in [2.05, 4.69) is 5.32 Å². The van der Waals surface area contributed by atoms with Crippen LogP contribution in [-0.4, -0.2) is 34.2 Å². The van der Waals surface area contributed by atoms with Crippen molar-refractivity contribution >= 4 is 11.9 Å². The Labute approximate surface area is 111 Å². The number of carbonyl (C=O) groups is 2. The number of hydrogen-bond donors (Lipinski definition) is 4. The van der Waals surface area contributed by atoms with Gasteiger partial charge in [0.2, 0.25) is 5.91 Å². The lowest BCUT2D eigenvalue weighted by molar-refractivity contribution is -0.142. The lowest BCUT2D eigenvalue weighted by Gasteiger charge is -2.16. The number of phenols is 1. The Bertz CT molecular complexity index is 444. The molecular formula is C13H18N2O4. The molecule has 6 nitrogen and oxygen atoms in total. The van der Waals surface area contributed by atoms with Crippen molar-refractivity contribution in [1.82, 2.24) is 5.32 Å². The summed E-state index contributed by atoms with van der Waals surface area (Å²) >= 11 is 0. The van der Waals surface area contributed by atoms with E-state index in [0.717, 1.165) is 5.56 Å². The summed E-state index contributed by atoms with van der Waals surface area (Å²) in [6.45, 7) is 1.67. The molecular weight excluding hydrogens is 248 g/mol. The van der Waals surface area contributed by atoms with Crippen LogP contribution in [0.15, 0.2) is 24.3 Å². The van der Waals surface area contributed by atoms with Gasteiger partial charge in [0.1, 0.15) is 11.8 Å². The van der Waals surface area contributed by atoms with E-state index in [9.17, 15) is 9.59 Å². The number of carboxylic acids is 1. The SMILES string of the molecule is CC[C@@H](NC(=O)[C@@H](N)Cc1ccc(O)cc1)C(=O)O. The van der Waals surface area contributed by atoms with Gasteiger partial charge in [-0.05, 0) is 30.5 Å². The molecule has 0 aliphatic carbocycles. The molecule has 6 heteroatoms. The fourth-order valence-electron chi connectivity index (χ4n) is 1.60. The number of aliphatic carboxylic acids is 1. The number of nitrogens with one attached hydrogen (secondary N) is 1. The summed E-state index contributed by atoms with van der Waals surface area (Å²) in [5.74, 6) is -1.44. The summed E-state index contributed by atoms with van der Waals surface area (Å²) in [6.07, 6.45) is 0.579. The number of carbonyl (C=O) groups excluding carboxylic acids is 1. The molecule has 0 bridgehead atoms. The first kappa shape index (κ1) is 15.0. The predicted molar refractivity (Wildman–Crippen MR) is 69.6 cm³/mol. The molecule has 0 fully saturated rings. The maximum atomic E-state index is 11.7. The molecule has 19 heavy (non-hydrogen) atoms. The van der Waals surface area contributed by atoms with E-state index in [1.54, 1.807) is 19.1 Å². The molecule has 0 radical (unpaired) electrons. The van der Waals surface area contributed by atoms with Gasteiger partial charge in [-0.1, -0.05) is 19.1 Å². The molecule has 1 amide bonds. The van der Waals surface area contributed by atoms with Gasteiger partial charge in [-0.3, -0.25) is 4.79 Å². The Morgan fingerprint density at radius 2 is 1.89 bits per heavy atom. The molecule has 2 atom stereocenters. The van der Waals surface area contributed by atoms with Crippen LogP contribution in [0.25, 0.3) is 0 Å². The van der Waals surface area contributed by atoms with E-state index in [-0.39, 0.29) is 12.2 Å². The second-order valence-corrected chi connectivity index (χ2v) is 4.28. The summed E-state index contributed by atoms with van der Waals surface area (Å²) in [6, 6.07) is 4.60. The van der Waals surface area contributed by atoms with Crippen LogP contribution in [0.4, 0.5) is 0 Å². The number of rotatable bonds is 6. The highest BCUT2D eigenvalue weighted by Crippen LogP contribution is 2.11. The van der Waals surface area contributed by atoms with Crippen LogP contribution in [0.3, 0.4) is 0 Å². The Balaban J connectivity index is 2.57. The number of phenolic OH excluding ortho intramolecular Hbond substituents is 1. The third-order valence-corrected chi connectivity index (χ3v) is 2.75. The van der Waals surface area contributed by atoms with E-state index < -0.39 is 24.0 Å². The van der Waals surface area contributed by atoms with Gasteiger partial charge >= 0.3 is 5.97 Å². The lowest BCUT2D eigenvalue weighted by Crippen LogP contribution is -2.48. The largest absolute Gasteiger partial charge is 0.508 e. The normalized spacial score (nSPS) is 13.6. The van der Waals surface area contributed by atoms with E-state index in [4.69, 9.17) is 15.9 Å². The van der Waals surface area contributed by atoms with Crippen molar-refractivity contribution in [2.24, 2.45) is 5.73 Å². The average Bonchev–Trinajstić information content (AvgIpc) is 2.37. The summed E-state index contributed by atoms with van der Waals surface area (Å²) in [5, 5.41) is 20.4. The molecule has 104 valence electrons. The van der Waals surface area contributed by atoms with Gasteiger partial charge in [-0.15, -0.1) is 0 Å². The van der Waals surface area contributed by atoms with Crippen LogP contribution >= 0.6 is 0 Å². The maximum Gasteiger partial charge on any atom is 0.326 e. The Morgan fingerprint density at radius 3 is 2.37 bits per heavy atom. The van der Waals surface area contributed by atoms with Crippen molar-refractivity contribution in [2.75, 3.05) is 0 Å². The highest BCUT2D eigenvalue weighted by atomic mass is 16.4. The number of aromatic hydroxyl groups is 1. The zero-order chi connectivity index (χ0) is 14.4. The predicted octanol–water partition coefficient (Wildman–Crippen LogP) is 0.241. The Hall–Kier alpha value is -2.08. The lowest BCUT2D eigenvalue weighted by atomic mass is 10.1. The molecule has 0 saturated heterocycles. The first-order valence-corrected chi connectivity index (χ1v) is 6.00. The summed E-state index contributed by atoms with van der Waals surface area (Å²) in [7, 11) is 0. The second kappa shape index (κ2) is 6.75. The first-order valence-electron chi connectivity index (χ1n) is 6.00. The van der Waals surface area contributed by atoms with Gasteiger partial charge in [0.25, 0.3) is 0 Å². The van der Waals surface area contributed by atoms with E-state index in [1.807, 2.05) is 0 Å². The second-order valence-electron chi connectivity index (χ2n) is 4.28. The minimum absolute atomic E-state index is 0.138. The summed E-state index contributed by atoms with van der Waals surface area (Å²) in [4.78, 5) is 22.5. The molecule has 0 saturated carbocycles. The topological polar surface area (TPSA) is 113 Å². The van der Waals surface area contributed by atoms with E-state index in [1.165, 1.54) is 12.1 Å². The van der Waals surface area contributed by atoms with Crippen LogP contribution in [0.5, 0.6) is 5.75 Å². The monoisotopic (exact) mass is 266 g/mol. The van der Waals surface area contributed by atoms with Crippen molar-refractivity contribution in [2.45, 2.75) is 31.8 Å². The van der Waals surface area contributed by atoms with Crippen molar-refractivity contribution in [3.63, 3.8) is 0 Å². The van der Waals surface area contributed by atoms with Crippen LogP contribution < -0.4 is 11.1 Å². The molecule has 1 aromatic carbocycles. The number of benzene rings is 1. The molecule has 0 aliphatic rings. The van der Waals surface area contributed by atoms with Crippen molar-refractivity contribution in [3.8, 4) is 5.75 Å². The van der Waals surface area contributed by atoms with Crippen LogP contribution in [0, 0.1) is 0 Å². The summed E-state index contributed by atoms with van der Waals surface area (Å²) < 4.78 is 0. The average molecular weight is 266 g/mol. The van der Waals surface area contributed by atoms with Gasteiger partial charge in [0.15, 0.2) is 0 Å². The minimum Gasteiger partial charge on any atom is -0.508 e. The van der Waals surface area contributed by atoms with Crippen LogP contribution in [-0.2, 0) is 16.0 Å². The van der Waals surface area contributed by atoms with E-state index in [0.29, 0.717) is 6.42 Å². The van der Waals surface area contributed by atoms with Crippen LogP contribution in [0.1, 0.15) is 18.9 Å². The van der Waals surface area contributed by atoms with Gasteiger partial charge in [-0.25, -0.2) is 4.79 Å². The minimum atomic E-state index is -1.08. The van der Waals surface area contributed by atoms with Crippen molar-refractivity contribution in [3.05, 3.63) is 29.8 Å². The molecule has 1 aromatic rings. The third kappa shape index (κ3) is 4.59. The quantitative estimate of drug-likeness (QED) is 0.589. The highest BCUT2D eigenvalue weighted by molar-refractivity contribution is 5.86. The molecule has 0 spiro atoms. The molecule has 0 heterocycles. The standard InChI is InChI=1S/C13H18N2O4/c1-2-11(13(18)19)15-12(17)10(14)7-8-3-5-9(16)6-4-8/h3-6,10-11,16H,2,7,14H2,1H3,(H,15,17)(H,18,19)/t10-,11+/m0/s1. The first-order chi connectivity index (χ1) is 8.93. The molecule has 0 aliphatic heterocycles. The van der Waals surface area contributed by atoms with Crippen molar-refractivity contribution in [1.29, 1.82) is 0 Å². The zero-order valence-corrected chi connectivity index (χ0v) is 10.7. The van der Waals surface area contributed by atoms with Crippen LogP contribution in [0.2, 0.25) is 0 Å². The fraction of sp³-hybridized carbons (Fsp3) is 0.385. The molecule has 0 unspecified atom stereocenters. The number of hydrogen-bond acceptors (Lipinski definition) is 4. The van der Waals surface area contributed by atoms with Gasteiger partial charge < -0.3 is 21.3 Å². The Kier molecular flexibility index (Phi) is 5.32. The summed E-state index contributed by atoms with van der Waals surface area (Å²) in [5.41, 5.74) is 6.52. The highest BCUT2D eigenvalue weighted by Gasteiger charge is 2.21. The number of nitrogens with two attached hydrogens (primary N) is 1. The third-order valence-electron chi connectivity index (χ3n) is 2.75. The van der Waals surface area contributed by atoms with Gasteiger partial charge in [-0.2, -0.15) is 0 Å².